The lowest BCUT2D eigenvalue weighted by atomic mass is 9.98. The van der Waals surface area contributed by atoms with Crippen molar-refractivity contribution in [1.82, 2.24) is 10.6 Å². The van der Waals surface area contributed by atoms with Gasteiger partial charge < -0.3 is 20.1 Å². The zero-order valence-corrected chi connectivity index (χ0v) is 18.8. The van der Waals surface area contributed by atoms with Gasteiger partial charge in [0.05, 0.1) is 7.11 Å². The standard InChI is InChI=1S/C27H26N2O5/c1-33-25(30)16-28-26(31)24(15-18-9-3-2-4-10-18)29-27(32)34-17-23-21-13-7-5-11-19(21)20-12-6-8-14-22(20)23/h2-14,23-24H,15-17H2,1H3,(H,28,31)(H,29,32)/t24-/m1/s1. The van der Waals surface area contributed by atoms with Crippen LogP contribution in [0.15, 0.2) is 78.9 Å². The first-order valence-electron chi connectivity index (χ1n) is 11.1. The lowest BCUT2D eigenvalue weighted by Crippen LogP contribution is -2.49. The van der Waals surface area contributed by atoms with Crippen LogP contribution in [-0.4, -0.2) is 44.3 Å². The second-order valence-corrected chi connectivity index (χ2v) is 8.01. The van der Waals surface area contributed by atoms with Crippen molar-refractivity contribution in [2.45, 2.75) is 18.4 Å². The summed E-state index contributed by atoms with van der Waals surface area (Å²) in [4.78, 5) is 36.8. The summed E-state index contributed by atoms with van der Waals surface area (Å²) in [6.07, 6.45) is -0.450. The molecule has 0 unspecified atom stereocenters. The second kappa shape index (κ2) is 10.7. The maximum absolute atomic E-state index is 12.7. The lowest BCUT2D eigenvalue weighted by molar-refractivity contribution is -0.141. The number of carbonyl (C=O) groups is 3. The monoisotopic (exact) mass is 458 g/mol. The Kier molecular flexibility index (Phi) is 7.22. The number of nitrogens with one attached hydrogen (secondary N) is 2. The van der Waals surface area contributed by atoms with Gasteiger partial charge in [0.15, 0.2) is 0 Å². The van der Waals surface area contributed by atoms with Gasteiger partial charge in [0.1, 0.15) is 19.2 Å². The van der Waals surface area contributed by atoms with Gasteiger partial charge in [-0.15, -0.1) is 0 Å². The van der Waals surface area contributed by atoms with Gasteiger partial charge in [0, 0.05) is 12.3 Å². The Balaban J connectivity index is 1.43. The maximum atomic E-state index is 12.7. The molecule has 174 valence electrons. The molecule has 2 N–H and O–H groups in total. The Hall–Kier alpha value is -4.13. The first-order valence-corrected chi connectivity index (χ1v) is 11.1. The zero-order chi connectivity index (χ0) is 23.9. The van der Waals surface area contributed by atoms with Gasteiger partial charge in [-0.1, -0.05) is 78.9 Å². The predicted molar refractivity (Wildman–Crippen MR) is 127 cm³/mol. The summed E-state index contributed by atoms with van der Waals surface area (Å²) in [5.41, 5.74) is 5.34. The van der Waals surface area contributed by atoms with Crippen LogP contribution >= 0.6 is 0 Å². The second-order valence-electron chi connectivity index (χ2n) is 8.01. The van der Waals surface area contributed by atoms with Crippen molar-refractivity contribution >= 4 is 18.0 Å². The largest absolute Gasteiger partial charge is 0.468 e. The van der Waals surface area contributed by atoms with E-state index in [0.717, 1.165) is 27.8 Å². The highest BCUT2D eigenvalue weighted by Gasteiger charge is 2.30. The van der Waals surface area contributed by atoms with Crippen molar-refractivity contribution < 1.29 is 23.9 Å². The van der Waals surface area contributed by atoms with Crippen molar-refractivity contribution in [3.05, 3.63) is 95.6 Å². The van der Waals surface area contributed by atoms with Crippen molar-refractivity contribution in [3.63, 3.8) is 0 Å². The number of ether oxygens (including phenoxy) is 2. The summed E-state index contributed by atoms with van der Waals surface area (Å²) in [5.74, 6) is -1.16. The molecule has 1 atom stereocenters. The van der Waals surface area contributed by atoms with E-state index in [1.807, 2.05) is 66.7 Å². The first-order chi connectivity index (χ1) is 16.6. The molecule has 7 heteroatoms. The molecule has 0 saturated heterocycles. The van der Waals surface area contributed by atoms with Crippen LogP contribution in [0.5, 0.6) is 0 Å². The van der Waals surface area contributed by atoms with Crippen LogP contribution in [0.1, 0.15) is 22.6 Å². The Morgan fingerprint density at radius 3 is 2.06 bits per heavy atom. The van der Waals surface area contributed by atoms with Crippen LogP contribution < -0.4 is 10.6 Å². The molecule has 1 aliphatic rings. The molecule has 2 amide bonds. The Morgan fingerprint density at radius 1 is 0.853 bits per heavy atom. The van der Waals surface area contributed by atoms with Crippen LogP contribution in [0.3, 0.4) is 0 Å². The highest BCUT2D eigenvalue weighted by atomic mass is 16.5. The van der Waals surface area contributed by atoms with Crippen LogP contribution in [0, 0.1) is 0 Å². The molecular formula is C27H26N2O5. The third-order valence-electron chi connectivity index (χ3n) is 5.87. The highest BCUT2D eigenvalue weighted by Crippen LogP contribution is 2.44. The third kappa shape index (κ3) is 5.26. The number of methoxy groups -OCH3 is 1. The molecule has 0 saturated carbocycles. The van der Waals surface area contributed by atoms with E-state index in [1.165, 1.54) is 7.11 Å². The van der Waals surface area contributed by atoms with E-state index >= 15 is 0 Å². The minimum absolute atomic E-state index is 0.0844. The summed E-state index contributed by atoms with van der Waals surface area (Å²) in [6, 6.07) is 24.5. The van der Waals surface area contributed by atoms with Crippen molar-refractivity contribution in [1.29, 1.82) is 0 Å². The fourth-order valence-corrected chi connectivity index (χ4v) is 4.20. The van der Waals surface area contributed by atoms with Crippen molar-refractivity contribution in [2.24, 2.45) is 0 Å². The summed E-state index contributed by atoms with van der Waals surface area (Å²) in [7, 11) is 1.24. The van der Waals surface area contributed by atoms with E-state index in [-0.39, 0.29) is 25.5 Å². The van der Waals surface area contributed by atoms with Gasteiger partial charge in [0.25, 0.3) is 0 Å². The lowest BCUT2D eigenvalue weighted by Gasteiger charge is -2.20. The molecule has 1 aliphatic carbocycles. The summed E-state index contributed by atoms with van der Waals surface area (Å²) >= 11 is 0. The number of carbonyl (C=O) groups excluding carboxylic acids is 3. The Morgan fingerprint density at radius 2 is 1.44 bits per heavy atom. The molecule has 0 spiro atoms. The SMILES string of the molecule is COC(=O)CNC(=O)[C@@H](Cc1ccccc1)NC(=O)OCC1c2ccccc2-c2ccccc21. The molecule has 0 aromatic heterocycles. The van der Waals surface area contributed by atoms with Gasteiger partial charge in [-0.2, -0.15) is 0 Å². The molecule has 4 rings (SSSR count). The van der Waals surface area contributed by atoms with Gasteiger partial charge >= 0.3 is 12.1 Å². The molecule has 0 radical (unpaired) electrons. The first kappa shape index (κ1) is 23.0. The Bertz CT molecular complexity index is 1130. The topological polar surface area (TPSA) is 93.7 Å². The van der Waals surface area contributed by atoms with E-state index in [4.69, 9.17) is 4.74 Å². The quantitative estimate of drug-likeness (QED) is 0.505. The predicted octanol–water partition coefficient (Wildman–Crippen LogP) is 3.43. The minimum Gasteiger partial charge on any atom is -0.468 e. The van der Waals surface area contributed by atoms with E-state index in [0.29, 0.717) is 0 Å². The summed E-state index contributed by atoms with van der Waals surface area (Å²) in [5, 5.41) is 5.15. The van der Waals surface area contributed by atoms with Crippen LogP contribution in [0.4, 0.5) is 4.79 Å². The molecule has 3 aromatic carbocycles. The van der Waals surface area contributed by atoms with Gasteiger partial charge in [-0.05, 0) is 27.8 Å². The average Bonchev–Trinajstić information content (AvgIpc) is 3.19. The van der Waals surface area contributed by atoms with E-state index in [1.54, 1.807) is 0 Å². The Labute approximate surface area is 198 Å². The number of benzene rings is 3. The number of hydrogen-bond donors (Lipinski definition) is 2. The molecular weight excluding hydrogens is 432 g/mol. The van der Waals surface area contributed by atoms with Gasteiger partial charge in [-0.3, -0.25) is 9.59 Å². The van der Waals surface area contributed by atoms with Crippen molar-refractivity contribution in [3.8, 4) is 11.1 Å². The average molecular weight is 459 g/mol. The highest BCUT2D eigenvalue weighted by molar-refractivity contribution is 5.88. The molecule has 0 fully saturated rings. The number of amides is 2. The van der Waals surface area contributed by atoms with E-state index in [9.17, 15) is 14.4 Å². The molecule has 0 aliphatic heterocycles. The fourth-order valence-electron chi connectivity index (χ4n) is 4.20. The molecule has 0 bridgehead atoms. The number of fused-ring (bicyclic) bond motifs is 3. The number of alkyl carbamates (subject to hydrolysis) is 1. The normalized spacial score (nSPS) is 12.7. The maximum Gasteiger partial charge on any atom is 0.407 e. The third-order valence-corrected chi connectivity index (χ3v) is 5.87. The minimum atomic E-state index is -0.914. The number of rotatable bonds is 8. The molecule has 34 heavy (non-hydrogen) atoms. The molecule has 3 aromatic rings. The van der Waals surface area contributed by atoms with Crippen LogP contribution in [0.2, 0.25) is 0 Å². The molecule has 7 nitrogen and oxygen atoms in total. The summed E-state index contributed by atoms with van der Waals surface area (Å²) < 4.78 is 10.2. The summed E-state index contributed by atoms with van der Waals surface area (Å²) in [6.45, 7) is -0.144. The van der Waals surface area contributed by atoms with Crippen molar-refractivity contribution in [2.75, 3.05) is 20.3 Å². The van der Waals surface area contributed by atoms with Crippen LogP contribution in [-0.2, 0) is 25.5 Å². The molecule has 0 heterocycles. The van der Waals surface area contributed by atoms with Crippen LogP contribution in [0.25, 0.3) is 11.1 Å². The van der Waals surface area contributed by atoms with Gasteiger partial charge in [0.2, 0.25) is 5.91 Å². The number of esters is 1. The zero-order valence-electron chi connectivity index (χ0n) is 18.8. The smallest absolute Gasteiger partial charge is 0.407 e. The fraction of sp³-hybridized carbons (Fsp3) is 0.222. The number of hydrogen-bond acceptors (Lipinski definition) is 5. The van der Waals surface area contributed by atoms with E-state index in [2.05, 4.69) is 27.5 Å². The van der Waals surface area contributed by atoms with E-state index < -0.39 is 24.0 Å². The van der Waals surface area contributed by atoms with Gasteiger partial charge in [-0.25, -0.2) is 4.79 Å².